The highest BCUT2D eigenvalue weighted by Gasteiger charge is 2.08. The van der Waals surface area contributed by atoms with Gasteiger partial charge in [0.1, 0.15) is 11.6 Å². The molecule has 0 aliphatic carbocycles. The Labute approximate surface area is 147 Å². The molecule has 25 heavy (non-hydrogen) atoms. The van der Waals surface area contributed by atoms with E-state index in [2.05, 4.69) is 51.6 Å². The van der Waals surface area contributed by atoms with Crippen LogP contribution in [-0.2, 0) is 0 Å². The number of hydrogen-bond donors (Lipinski definition) is 3. The van der Waals surface area contributed by atoms with Crippen LogP contribution in [0.5, 0.6) is 0 Å². The van der Waals surface area contributed by atoms with Crippen molar-refractivity contribution in [1.82, 2.24) is 15.0 Å². The number of rotatable bonds is 6. The molecule has 0 amide bonds. The van der Waals surface area contributed by atoms with Gasteiger partial charge in [0.2, 0.25) is 5.95 Å². The summed E-state index contributed by atoms with van der Waals surface area (Å²) >= 11 is 0. The summed E-state index contributed by atoms with van der Waals surface area (Å²) in [5.41, 5.74) is 10.2. The minimum absolute atomic E-state index is 0.263. The van der Waals surface area contributed by atoms with E-state index in [0.29, 0.717) is 12.4 Å². The average molecular weight is 334 g/mol. The zero-order valence-electron chi connectivity index (χ0n) is 14.5. The average Bonchev–Trinajstić information content (AvgIpc) is 2.61. The minimum atomic E-state index is 0.263. The van der Waals surface area contributed by atoms with Gasteiger partial charge in [-0.05, 0) is 37.1 Å². The summed E-state index contributed by atoms with van der Waals surface area (Å²) in [4.78, 5) is 12.9. The minimum Gasteiger partial charge on any atom is -0.368 e. The molecule has 6 heteroatoms. The number of hydrogen-bond acceptors (Lipinski definition) is 6. The Kier molecular flexibility index (Phi) is 5.09. The number of nitrogens with two attached hydrogens (primary N) is 1. The molecule has 0 unspecified atom stereocenters. The van der Waals surface area contributed by atoms with E-state index in [1.807, 2.05) is 30.3 Å². The topological polar surface area (TPSA) is 88.8 Å². The van der Waals surface area contributed by atoms with E-state index in [1.54, 1.807) is 6.20 Å². The van der Waals surface area contributed by atoms with E-state index in [-0.39, 0.29) is 5.95 Å². The third-order valence-corrected chi connectivity index (χ3v) is 4.03. The Morgan fingerprint density at radius 1 is 0.920 bits per heavy atom. The monoisotopic (exact) mass is 334 g/mol. The Hall–Kier alpha value is -3.15. The van der Waals surface area contributed by atoms with E-state index in [9.17, 15) is 0 Å². The molecule has 0 radical (unpaired) electrons. The van der Waals surface area contributed by atoms with Crippen LogP contribution in [-0.4, -0.2) is 28.0 Å². The van der Waals surface area contributed by atoms with E-state index >= 15 is 0 Å². The molecule has 3 aromatic rings. The van der Waals surface area contributed by atoms with Gasteiger partial charge < -0.3 is 16.4 Å². The van der Waals surface area contributed by atoms with Gasteiger partial charge in [0.05, 0.1) is 5.69 Å². The van der Waals surface area contributed by atoms with Crippen molar-refractivity contribution >= 4 is 17.6 Å². The van der Waals surface area contributed by atoms with Crippen LogP contribution in [0.25, 0.3) is 11.3 Å². The molecule has 4 N–H and O–H groups in total. The van der Waals surface area contributed by atoms with Gasteiger partial charge in [-0.3, -0.25) is 0 Å². The van der Waals surface area contributed by atoms with Crippen LogP contribution in [0.15, 0.2) is 48.7 Å². The standard InChI is InChI=1S/C19H22N6/c1-13-6-5-7-15(14(13)2)16-12-18(25-19(20)24-16)23-11-10-22-17-8-3-4-9-21-17/h3-9,12H,10-11H2,1-2H3,(H,21,22)(H3,20,23,24,25). The van der Waals surface area contributed by atoms with Gasteiger partial charge >= 0.3 is 0 Å². The summed E-state index contributed by atoms with van der Waals surface area (Å²) in [6.07, 6.45) is 1.76. The summed E-state index contributed by atoms with van der Waals surface area (Å²) in [5, 5.41) is 6.52. The zero-order chi connectivity index (χ0) is 17.6. The summed E-state index contributed by atoms with van der Waals surface area (Å²) < 4.78 is 0. The highest BCUT2D eigenvalue weighted by Crippen LogP contribution is 2.25. The van der Waals surface area contributed by atoms with Gasteiger partial charge in [0.25, 0.3) is 0 Å². The Balaban J connectivity index is 1.68. The number of nitrogens with zero attached hydrogens (tertiary/aromatic N) is 3. The second-order valence-corrected chi connectivity index (χ2v) is 5.81. The predicted octanol–water partition coefficient (Wildman–Crippen LogP) is 3.26. The van der Waals surface area contributed by atoms with Crippen molar-refractivity contribution in [3.8, 4) is 11.3 Å². The van der Waals surface area contributed by atoms with Crippen LogP contribution < -0.4 is 16.4 Å². The summed E-state index contributed by atoms with van der Waals surface area (Å²) in [6.45, 7) is 5.59. The van der Waals surface area contributed by atoms with Crippen LogP contribution in [0, 0.1) is 13.8 Å². The quantitative estimate of drug-likeness (QED) is 0.600. The van der Waals surface area contributed by atoms with E-state index < -0.39 is 0 Å². The summed E-state index contributed by atoms with van der Waals surface area (Å²) in [7, 11) is 0. The Morgan fingerprint density at radius 3 is 2.48 bits per heavy atom. The molecule has 6 nitrogen and oxygen atoms in total. The van der Waals surface area contributed by atoms with Crippen LogP contribution >= 0.6 is 0 Å². The summed E-state index contributed by atoms with van der Waals surface area (Å²) in [6, 6.07) is 13.9. The highest BCUT2D eigenvalue weighted by atomic mass is 15.1. The van der Waals surface area contributed by atoms with Crippen molar-refractivity contribution in [3.05, 3.63) is 59.8 Å². The van der Waals surface area contributed by atoms with Gasteiger partial charge in [0, 0.05) is 30.9 Å². The SMILES string of the molecule is Cc1cccc(-c2cc(NCCNc3ccccn3)nc(N)n2)c1C. The Morgan fingerprint density at radius 2 is 1.72 bits per heavy atom. The van der Waals surface area contributed by atoms with Gasteiger partial charge in [-0.15, -0.1) is 0 Å². The lowest BCUT2D eigenvalue weighted by atomic mass is 10.0. The number of anilines is 3. The molecule has 3 rings (SSSR count). The smallest absolute Gasteiger partial charge is 0.222 e. The normalized spacial score (nSPS) is 10.5. The van der Waals surface area contributed by atoms with Gasteiger partial charge in [-0.1, -0.05) is 24.3 Å². The largest absolute Gasteiger partial charge is 0.368 e. The molecule has 2 aromatic heterocycles. The van der Waals surface area contributed by atoms with Gasteiger partial charge in [-0.2, -0.15) is 4.98 Å². The molecule has 0 bridgehead atoms. The van der Waals surface area contributed by atoms with Crippen LogP contribution in [0.1, 0.15) is 11.1 Å². The van der Waals surface area contributed by atoms with Crippen molar-refractivity contribution in [2.75, 3.05) is 29.5 Å². The first-order valence-electron chi connectivity index (χ1n) is 8.23. The maximum atomic E-state index is 5.89. The number of aryl methyl sites for hydroxylation is 1. The fourth-order valence-corrected chi connectivity index (χ4v) is 2.57. The molecule has 0 fully saturated rings. The second-order valence-electron chi connectivity index (χ2n) is 5.81. The zero-order valence-corrected chi connectivity index (χ0v) is 14.5. The fraction of sp³-hybridized carbons (Fsp3) is 0.211. The molecule has 0 saturated carbocycles. The third kappa shape index (κ3) is 4.23. The molecule has 2 heterocycles. The first-order chi connectivity index (χ1) is 12.1. The lowest BCUT2D eigenvalue weighted by molar-refractivity contribution is 1.04. The number of nitrogen functional groups attached to an aromatic ring is 1. The number of pyridine rings is 1. The molecule has 1 aromatic carbocycles. The lowest BCUT2D eigenvalue weighted by Gasteiger charge is -2.12. The van der Waals surface area contributed by atoms with Crippen molar-refractivity contribution < 1.29 is 0 Å². The van der Waals surface area contributed by atoms with Crippen LogP contribution in [0.4, 0.5) is 17.6 Å². The van der Waals surface area contributed by atoms with Gasteiger partial charge in [0.15, 0.2) is 0 Å². The maximum Gasteiger partial charge on any atom is 0.222 e. The van der Waals surface area contributed by atoms with E-state index in [4.69, 9.17) is 5.73 Å². The van der Waals surface area contributed by atoms with Crippen LogP contribution in [0.3, 0.4) is 0 Å². The molecule has 0 aliphatic rings. The Bertz CT molecular complexity index is 848. The third-order valence-electron chi connectivity index (χ3n) is 4.03. The number of nitrogens with one attached hydrogen (secondary N) is 2. The molecular formula is C19H22N6. The summed E-state index contributed by atoms with van der Waals surface area (Å²) in [5.74, 6) is 1.83. The fourth-order valence-electron chi connectivity index (χ4n) is 2.57. The van der Waals surface area contributed by atoms with Crippen LogP contribution in [0.2, 0.25) is 0 Å². The van der Waals surface area contributed by atoms with Crippen molar-refractivity contribution in [3.63, 3.8) is 0 Å². The van der Waals surface area contributed by atoms with Crippen molar-refractivity contribution in [1.29, 1.82) is 0 Å². The first-order valence-corrected chi connectivity index (χ1v) is 8.23. The molecule has 0 spiro atoms. The molecule has 0 saturated heterocycles. The molecular weight excluding hydrogens is 312 g/mol. The van der Waals surface area contributed by atoms with Crippen molar-refractivity contribution in [2.45, 2.75) is 13.8 Å². The van der Waals surface area contributed by atoms with Gasteiger partial charge in [-0.25, -0.2) is 9.97 Å². The van der Waals surface area contributed by atoms with E-state index in [0.717, 1.165) is 23.6 Å². The lowest BCUT2D eigenvalue weighted by Crippen LogP contribution is -2.15. The maximum absolute atomic E-state index is 5.89. The second kappa shape index (κ2) is 7.61. The highest BCUT2D eigenvalue weighted by molar-refractivity contribution is 5.68. The molecule has 128 valence electrons. The molecule has 0 aliphatic heterocycles. The number of benzene rings is 1. The number of aromatic nitrogens is 3. The van der Waals surface area contributed by atoms with Crippen molar-refractivity contribution in [2.24, 2.45) is 0 Å². The molecule has 0 atom stereocenters. The predicted molar refractivity (Wildman–Crippen MR) is 103 cm³/mol. The first kappa shape index (κ1) is 16.7. The van der Waals surface area contributed by atoms with E-state index in [1.165, 1.54) is 11.1 Å².